The van der Waals surface area contributed by atoms with Crippen LogP contribution in [-0.2, 0) is 10.0 Å². The Morgan fingerprint density at radius 2 is 1.95 bits per heavy atom. The van der Waals surface area contributed by atoms with E-state index in [0.29, 0.717) is 41.1 Å². The van der Waals surface area contributed by atoms with Gasteiger partial charge in [0, 0.05) is 18.8 Å². The van der Waals surface area contributed by atoms with Gasteiger partial charge < -0.3 is 5.73 Å². The molecule has 2 N–H and O–H groups in total. The van der Waals surface area contributed by atoms with Gasteiger partial charge in [-0.05, 0) is 42.9 Å². The van der Waals surface area contributed by atoms with Crippen LogP contribution in [0.25, 0.3) is 0 Å². The minimum absolute atomic E-state index is 0.342. The number of nitrogens with zero attached hydrogens (tertiary/aromatic N) is 1. The van der Waals surface area contributed by atoms with Gasteiger partial charge in [0.05, 0.1) is 4.90 Å². The number of anilines is 1. The zero-order valence-electron chi connectivity index (χ0n) is 11.8. The Morgan fingerprint density at radius 1 is 1.26 bits per heavy atom. The van der Waals surface area contributed by atoms with E-state index in [1.165, 1.54) is 0 Å². The van der Waals surface area contributed by atoms with Gasteiger partial charge in [0.1, 0.15) is 0 Å². The fourth-order valence-electron chi connectivity index (χ4n) is 2.49. The molecule has 1 aromatic carbocycles. The molecule has 2 unspecified atom stereocenters. The van der Waals surface area contributed by atoms with Crippen molar-refractivity contribution in [1.29, 1.82) is 0 Å². The van der Waals surface area contributed by atoms with E-state index in [2.05, 4.69) is 13.8 Å². The summed E-state index contributed by atoms with van der Waals surface area (Å²) < 4.78 is 27.0. The summed E-state index contributed by atoms with van der Waals surface area (Å²) in [6, 6.07) is 5.07. The first kappa shape index (κ1) is 14.3. The molecule has 0 saturated carbocycles. The molecule has 0 amide bonds. The van der Waals surface area contributed by atoms with Crippen molar-refractivity contribution in [2.45, 2.75) is 32.1 Å². The van der Waals surface area contributed by atoms with E-state index in [-0.39, 0.29) is 0 Å². The molecule has 1 heterocycles. The lowest BCUT2D eigenvalue weighted by molar-refractivity contribution is 0.212. The van der Waals surface area contributed by atoms with E-state index in [1.54, 1.807) is 29.4 Å². The quantitative estimate of drug-likeness (QED) is 0.846. The zero-order valence-corrected chi connectivity index (χ0v) is 12.6. The van der Waals surface area contributed by atoms with Crippen LogP contribution >= 0.6 is 0 Å². The Hall–Kier alpha value is -1.07. The van der Waals surface area contributed by atoms with Gasteiger partial charge in [0.2, 0.25) is 10.0 Å². The number of nitrogens with two attached hydrogens (primary N) is 1. The number of hydrogen-bond donors (Lipinski definition) is 1. The molecule has 106 valence electrons. The minimum atomic E-state index is -3.42. The van der Waals surface area contributed by atoms with Crippen molar-refractivity contribution < 1.29 is 8.42 Å². The summed E-state index contributed by atoms with van der Waals surface area (Å²) in [5.41, 5.74) is 6.99. The lowest BCUT2D eigenvalue weighted by Gasteiger charge is -2.34. The van der Waals surface area contributed by atoms with Gasteiger partial charge in [-0.1, -0.05) is 19.9 Å². The van der Waals surface area contributed by atoms with Gasteiger partial charge in [-0.3, -0.25) is 0 Å². The molecule has 2 atom stereocenters. The topological polar surface area (TPSA) is 63.4 Å². The second-order valence-electron chi connectivity index (χ2n) is 5.58. The zero-order chi connectivity index (χ0) is 14.2. The van der Waals surface area contributed by atoms with Crippen LogP contribution in [0.15, 0.2) is 23.1 Å². The Balaban J connectivity index is 2.35. The maximum absolute atomic E-state index is 12.7. The average molecular weight is 282 g/mol. The minimum Gasteiger partial charge on any atom is -0.398 e. The van der Waals surface area contributed by atoms with Crippen LogP contribution in [0.2, 0.25) is 0 Å². The van der Waals surface area contributed by atoms with E-state index >= 15 is 0 Å². The van der Waals surface area contributed by atoms with Crippen LogP contribution in [0, 0.1) is 18.8 Å². The van der Waals surface area contributed by atoms with Gasteiger partial charge in [0.25, 0.3) is 0 Å². The highest BCUT2D eigenvalue weighted by molar-refractivity contribution is 7.89. The van der Waals surface area contributed by atoms with Gasteiger partial charge in [-0.15, -0.1) is 0 Å². The largest absolute Gasteiger partial charge is 0.398 e. The average Bonchev–Trinajstić information content (AvgIpc) is 2.35. The molecule has 0 radical (unpaired) electrons. The molecule has 5 heteroatoms. The number of hydrogen-bond acceptors (Lipinski definition) is 3. The third kappa shape index (κ3) is 2.62. The van der Waals surface area contributed by atoms with Crippen LogP contribution in [0.4, 0.5) is 5.69 Å². The van der Waals surface area contributed by atoms with Crippen LogP contribution in [0.3, 0.4) is 0 Å². The molecule has 1 fully saturated rings. The van der Waals surface area contributed by atoms with Crippen molar-refractivity contribution in [3.63, 3.8) is 0 Å². The van der Waals surface area contributed by atoms with Crippen molar-refractivity contribution in [3.05, 3.63) is 23.8 Å². The molecule has 1 aliphatic heterocycles. The molecule has 1 saturated heterocycles. The fraction of sp³-hybridized carbons (Fsp3) is 0.571. The number of sulfonamides is 1. The summed E-state index contributed by atoms with van der Waals surface area (Å²) in [7, 11) is -3.42. The van der Waals surface area contributed by atoms with E-state index in [1.807, 2.05) is 0 Å². The monoisotopic (exact) mass is 282 g/mol. The van der Waals surface area contributed by atoms with Gasteiger partial charge >= 0.3 is 0 Å². The first-order chi connectivity index (χ1) is 8.84. The Labute approximate surface area is 115 Å². The maximum atomic E-state index is 12.7. The predicted octanol–water partition coefficient (Wildman–Crippen LogP) is 2.24. The third-order valence-corrected chi connectivity index (χ3v) is 6.25. The summed E-state index contributed by atoms with van der Waals surface area (Å²) in [6.45, 7) is 7.25. The molecule has 0 aromatic heterocycles. The smallest absolute Gasteiger partial charge is 0.243 e. The molecular weight excluding hydrogens is 260 g/mol. The molecule has 0 spiro atoms. The molecule has 19 heavy (non-hydrogen) atoms. The number of rotatable bonds is 2. The molecule has 0 bridgehead atoms. The standard InChI is InChI=1S/C14H22N2O2S/c1-10-7-8-16(9-11(10)2)19(17,18)14-6-4-5-13(15)12(14)3/h4-6,10-11H,7-9,15H2,1-3H3. The van der Waals surface area contributed by atoms with E-state index < -0.39 is 10.0 Å². The number of benzene rings is 1. The Kier molecular flexibility index (Phi) is 3.87. The van der Waals surface area contributed by atoms with Crippen molar-refractivity contribution >= 4 is 15.7 Å². The highest BCUT2D eigenvalue weighted by Crippen LogP contribution is 2.29. The Bertz CT molecular complexity index is 569. The lowest BCUT2D eigenvalue weighted by atomic mass is 9.90. The van der Waals surface area contributed by atoms with Crippen molar-refractivity contribution in [1.82, 2.24) is 4.31 Å². The molecule has 1 aliphatic rings. The maximum Gasteiger partial charge on any atom is 0.243 e. The second-order valence-corrected chi connectivity index (χ2v) is 7.48. The van der Waals surface area contributed by atoms with E-state index in [0.717, 1.165) is 6.42 Å². The van der Waals surface area contributed by atoms with Crippen LogP contribution in [-0.4, -0.2) is 25.8 Å². The third-order valence-electron chi connectivity index (χ3n) is 4.24. The van der Waals surface area contributed by atoms with Crippen molar-refractivity contribution in [3.8, 4) is 0 Å². The fourth-order valence-corrected chi connectivity index (χ4v) is 4.30. The molecule has 1 aromatic rings. The predicted molar refractivity (Wildman–Crippen MR) is 77.3 cm³/mol. The van der Waals surface area contributed by atoms with Crippen molar-refractivity contribution in [2.75, 3.05) is 18.8 Å². The summed E-state index contributed by atoms with van der Waals surface area (Å²) >= 11 is 0. The summed E-state index contributed by atoms with van der Waals surface area (Å²) in [6.07, 6.45) is 0.918. The number of nitrogen functional groups attached to an aromatic ring is 1. The highest BCUT2D eigenvalue weighted by Gasteiger charge is 2.32. The summed E-state index contributed by atoms with van der Waals surface area (Å²) in [5.74, 6) is 0.971. The SMILES string of the molecule is Cc1c(N)cccc1S(=O)(=O)N1CCC(C)C(C)C1. The van der Waals surface area contributed by atoms with Crippen LogP contribution in [0.1, 0.15) is 25.8 Å². The highest BCUT2D eigenvalue weighted by atomic mass is 32.2. The van der Waals surface area contributed by atoms with Crippen molar-refractivity contribution in [2.24, 2.45) is 11.8 Å². The Morgan fingerprint density at radius 3 is 2.58 bits per heavy atom. The van der Waals surface area contributed by atoms with Gasteiger partial charge in [-0.25, -0.2) is 8.42 Å². The van der Waals surface area contributed by atoms with E-state index in [9.17, 15) is 8.42 Å². The second kappa shape index (κ2) is 5.13. The first-order valence-corrected chi connectivity index (χ1v) is 8.13. The van der Waals surface area contributed by atoms with Crippen LogP contribution < -0.4 is 5.73 Å². The number of piperidine rings is 1. The molecule has 4 nitrogen and oxygen atoms in total. The molecule has 2 rings (SSSR count). The van der Waals surface area contributed by atoms with Gasteiger partial charge in [0.15, 0.2) is 0 Å². The summed E-state index contributed by atoms with van der Waals surface area (Å²) in [5, 5.41) is 0. The molecular formula is C14H22N2O2S. The van der Waals surface area contributed by atoms with Gasteiger partial charge in [-0.2, -0.15) is 4.31 Å². The lowest BCUT2D eigenvalue weighted by Crippen LogP contribution is -2.42. The first-order valence-electron chi connectivity index (χ1n) is 6.69. The van der Waals surface area contributed by atoms with E-state index in [4.69, 9.17) is 5.73 Å². The van der Waals surface area contributed by atoms with Crippen LogP contribution in [0.5, 0.6) is 0 Å². The molecule has 0 aliphatic carbocycles. The summed E-state index contributed by atoms with van der Waals surface area (Å²) in [4.78, 5) is 0.342. The normalized spacial score (nSPS) is 25.4.